The van der Waals surface area contributed by atoms with Crippen LogP contribution in [0.2, 0.25) is 0 Å². The molecule has 2 N–H and O–H groups in total. The van der Waals surface area contributed by atoms with E-state index in [0.29, 0.717) is 13.2 Å². The van der Waals surface area contributed by atoms with E-state index in [1.807, 2.05) is 42.5 Å². The number of rotatable bonds is 5. The maximum absolute atomic E-state index is 5.82. The summed E-state index contributed by atoms with van der Waals surface area (Å²) in [7, 11) is 1.64. The van der Waals surface area contributed by atoms with Crippen molar-refractivity contribution >= 4 is 11.0 Å². The molecule has 0 aliphatic rings. The normalized spacial score (nSPS) is 10.8. The lowest BCUT2D eigenvalue weighted by atomic mass is 10.1. The van der Waals surface area contributed by atoms with Gasteiger partial charge in [0.2, 0.25) is 0 Å². The van der Waals surface area contributed by atoms with Crippen LogP contribution in [0.1, 0.15) is 11.1 Å². The molecule has 2 aromatic carbocycles. The zero-order valence-corrected chi connectivity index (χ0v) is 11.8. The van der Waals surface area contributed by atoms with Crippen molar-refractivity contribution in [3.8, 4) is 11.5 Å². The number of furan rings is 1. The maximum Gasteiger partial charge on any atom is 0.134 e. The van der Waals surface area contributed by atoms with Gasteiger partial charge < -0.3 is 19.6 Å². The highest BCUT2D eigenvalue weighted by atomic mass is 16.5. The number of methoxy groups -OCH3 is 1. The molecule has 4 nitrogen and oxygen atoms in total. The third-order valence-corrected chi connectivity index (χ3v) is 3.42. The largest absolute Gasteiger partial charge is 0.497 e. The lowest BCUT2D eigenvalue weighted by Gasteiger charge is -2.07. The van der Waals surface area contributed by atoms with Gasteiger partial charge >= 0.3 is 0 Å². The fourth-order valence-electron chi connectivity index (χ4n) is 2.36. The molecule has 0 bridgehead atoms. The van der Waals surface area contributed by atoms with Crippen LogP contribution < -0.4 is 15.2 Å². The third-order valence-electron chi connectivity index (χ3n) is 3.42. The van der Waals surface area contributed by atoms with Crippen molar-refractivity contribution in [2.45, 2.75) is 13.2 Å². The number of fused-ring (bicyclic) bond motifs is 1. The second-order valence-electron chi connectivity index (χ2n) is 4.72. The first-order valence-corrected chi connectivity index (χ1v) is 6.76. The van der Waals surface area contributed by atoms with Crippen LogP contribution in [0.15, 0.2) is 53.1 Å². The van der Waals surface area contributed by atoms with Crippen LogP contribution in [-0.4, -0.2) is 7.11 Å². The van der Waals surface area contributed by atoms with Gasteiger partial charge in [0, 0.05) is 23.6 Å². The van der Waals surface area contributed by atoms with Crippen LogP contribution in [0.4, 0.5) is 0 Å². The predicted octanol–water partition coefficient (Wildman–Crippen LogP) is 3.48. The molecule has 21 heavy (non-hydrogen) atoms. The summed E-state index contributed by atoms with van der Waals surface area (Å²) in [5, 5.41) is 1.04. The summed E-state index contributed by atoms with van der Waals surface area (Å²) >= 11 is 0. The summed E-state index contributed by atoms with van der Waals surface area (Å²) in [4.78, 5) is 0. The van der Waals surface area contributed by atoms with Crippen LogP contribution in [-0.2, 0) is 13.2 Å². The smallest absolute Gasteiger partial charge is 0.134 e. The fourth-order valence-corrected chi connectivity index (χ4v) is 2.36. The topological polar surface area (TPSA) is 57.6 Å². The van der Waals surface area contributed by atoms with E-state index < -0.39 is 0 Å². The van der Waals surface area contributed by atoms with Crippen molar-refractivity contribution in [2.24, 2.45) is 5.73 Å². The minimum Gasteiger partial charge on any atom is -0.497 e. The Labute approximate surface area is 123 Å². The average Bonchev–Trinajstić information content (AvgIpc) is 2.96. The Morgan fingerprint density at radius 3 is 2.67 bits per heavy atom. The van der Waals surface area contributed by atoms with Crippen molar-refractivity contribution in [3.63, 3.8) is 0 Å². The molecule has 3 aromatic rings. The molecule has 0 amide bonds. The van der Waals surface area contributed by atoms with Gasteiger partial charge in [-0.2, -0.15) is 0 Å². The van der Waals surface area contributed by atoms with Gasteiger partial charge in [-0.25, -0.2) is 0 Å². The second kappa shape index (κ2) is 5.89. The zero-order valence-electron chi connectivity index (χ0n) is 11.8. The molecule has 0 aliphatic carbocycles. The SMILES string of the molecule is COc1cccc(OCc2coc3cccc(CN)c23)c1. The van der Waals surface area contributed by atoms with Gasteiger partial charge in [-0.1, -0.05) is 18.2 Å². The number of ether oxygens (including phenoxy) is 2. The molecular formula is C17H17NO3. The number of hydrogen-bond donors (Lipinski definition) is 1. The first kappa shape index (κ1) is 13.5. The van der Waals surface area contributed by atoms with Crippen molar-refractivity contribution in [2.75, 3.05) is 7.11 Å². The van der Waals surface area contributed by atoms with Gasteiger partial charge in [0.25, 0.3) is 0 Å². The lowest BCUT2D eigenvalue weighted by Crippen LogP contribution is -2.00. The highest BCUT2D eigenvalue weighted by Gasteiger charge is 2.10. The molecule has 1 heterocycles. The van der Waals surface area contributed by atoms with Gasteiger partial charge in [-0.05, 0) is 23.8 Å². The Bertz CT molecular complexity index is 749. The van der Waals surface area contributed by atoms with Gasteiger partial charge in [0.15, 0.2) is 0 Å². The third kappa shape index (κ3) is 2.71. The summed E-state index contributed by atoms with van der Waals surface area (Å²) in [5.74, 6) is 1.53. The Hall–Kier alpha value is -2.46. The van der Waals surface area contributed by atoms with Gasteiger partial charge in [0.1, 0.15) is 23.7 Å². The van der Waals surface area contributed by atoms with Gasteiger partial charge in [0.05, 0.1) is 13.4 Å². The minimum absolute atomic E-state index is 0.428. The lowest BCUT2D eigenvalue weighted by molar-refractivity contribution is 0.303. The summed E-state index contributed by atoms with van der Waals surface area (Å²) in [6.45, 7) is 0.903. The summed E-state index contributed by atoms with van der Waals surface area (Å²) in [6, 6.07) is 13.4. The van der Waals surface area contributed by atoms with E-state index in [-0.39, 0.29) is 0 Å². The first-order valence-electron chi connectivity index (χ1n) is 6.76. The number of benzene rings is 2. The van der Waals surface area contributed by atoms with E-state index in [2.05, 4.69) is 0 Å². The fraction of sp³-hybridized carbons (Fsp3) is 0.176. The Morgan fingerprint density at radius 2 is 1.86 bits per heavy atom. The monoisotopic (exact) mass is 283 g/mol. The molecule has 0 saturated carbocycles. The van der Waals surface area contributed by atoms with Crippen molar-refractivity contribution in [1.29, 1.82) is 0 Å². The van der Waals surface area contributed by atoms with Gasteiger partial charge in [-0.15, -0.1) is 0 Å². The van der Waals surface area contributed by atoms with Crippen LogP contribution in [0.3, 0.4) is 0 Å². The molecular weight excluding hydrogens is 266 g/mol. The standard InChI is InChI=1S/C17H17NO3/c1-19-14-5-3-6-15(8-14)20-10-13-11-21-16-7-2-4-12(9-18)17(13)16/h2-8,11H,9-10,18H2,1H3. The summed E-state index contributed by atoms with van der Waals surface area (Å²) in [6.07, 6.45) is 1.73. The van der Waals surface area contributed by atoms with Crippen LogP contribution in [0.25, 0.3) is 11.0 Å². The Morgan fingerprint density at radius 1 is 1.05 bits per heavy atom. The molecule has 0 aliphatic heterocycles. The molecule has 3 rings (SSSR count). The molecule has 4 heteroatoms. The van der Waals surface area contributed by atoms with Crippen molar-refractivity contribution < 1.29 is 13.9 Å². The van der Waals surface area contributed by atoms with Gasteiger partial charge in [-0.3, -0.25) is 0 Å². The molecule has 0 saturated heterocycles. The molecule has 1 aromatic heterocycles. The van der Waals surface area contributed by atoms with E-state index >= 15 is 0 Å². The molecule has 108 valence electrons. The molecule has 0 unspecified atom stereocenters. The van der Waals surface area contributed by atoms with Crippen molar-refractivity contribution in [1.82, 2.24) is 0 Å². The van der Waals surface area contributed by atoms with E-state index in [9.17, 15) is 0 Å². The Balaban J connectivity index is 1.85. The minimum atomic E-state index is 0.428. The molecule has 0 spiro atoms. The summed E-state index contributed by atoms with van der Waals surface area (Å²) in [5.41, 5.74) is 8.68. The molecule has 0 atom stereocenters. The molecule has 0 fully saturated rings. The number of nitrogens with two attached hydrogens (primary N) is 1. The summed E-state index contributed by atoms with van der Waals surface area (Å²) < 4.78 is 16.6. The van der Waals surface area contributed by atoms with E-state index in [0.717, 1.165) is 33.6 Å². The van der Waals surface area contributed by atoms with Crippen molar-refractivity contribution in [3.05, 3.63) is 59.9 Å². The highest BCUT2D eigenvalue weighted by Crippen LogP contribution is 2.27. The van der Waals surface area contributed by atoms with Crippen LogP contribution in [0.5, 0.6) is 11.5 Å². The molecule has 0 radical (unpaired) electrons. The van der Waals surface area contributed by atoms with Crippen LogP contribution in [0, 0.1) is 0 Å². The number of hydrogen-bond acceptors (Lipinski definition) is 4. The van der Waals surface area contributed by atoms with E-state index in [1.54, 1.807) is 13.4 Å². The van der Waals surface area contributed by atoms with Crippen LogP contribution >= 0.6 is 0 Å². The average molecular weight is 283 g/mol. The highest BCUT2D eigenvalue weighted by molar-refractivity contribution is 5.84. The second-order valence-corrected chi connectivity index (χ2v) is 4.72. The Kier molecular flexibility index (Phi) is 3.79. The van der Waals surface area contributed by atoms with E-state index in [1.165, 1.54) is 0 Å². The predicted molar refractivity (Wildman–Crippen MR) is 81.4 cm³/mol. The van der Waals surface area contributed by atoms with E-state index in [4.69, 9.17) is 19.6 Å². The maximum atomic E-state index is 5.82. The zero-order chi connectivity index (χ0) is 14.7. The first-order chi connectivity index (χ1) is 10.3. The quantitative estimate of drug-likeness (QED) is 0.779.